The Kier molecular flexibility index (Phi) is 2.52. The summed E-state index contributed by atoms with van der Waals surface area (Å²) < 4.78 is 0. The van der Waals surface area contributed by atoms with Crippen LogP contribution in [0.3, 0.4) is 0 Å². The Bertz CT molecular complexity index is 732. The van der Waals surface area contributed by atoms with E-state index >= 15 is 0 Å². The van der Waals surface area contributed by atoms with Gasteiger partial charge < -0.3 is 10.6 Å². The number of pyridine rings is 1. The summed E-state index contributed by atoms with van der Waals surface area (Å²) in [5, 5.41) is 8.07. The third-order valence-electron chi connectivity index (χ3n) is 2.82. The van der Waals surface area contributed by atoms with Crippen molar-refractivity contribution in [2.24, 2.45) is 0 Å². The lowest BCUT2D eigenvalue weighted by Gasteiger charge is -2.12. The summed E-state index contributed by atoms with van der Waals surface area (Å²) in [6.45, 7) is 0. The van der Waals surface area contributed by atoms with Crippen LogP contribution in [0.25, 0.3) is 22.3 Å². The van der Waals surface area contributed by atoms with Gasteiger partial charge in [0.05, 0.1) is 11.1 Å². The molecule has 0 aliphatic heterocycles. The average molecular weight is 255 g/mol. The van der Waals surface area contributed by atoms with E-state index in [0.717, 1.165) is 22.5 Å². The first-order valence-corrected chi connectivity index (χ1v) is 5.75. The van der Waals surface area contributed by atoms with Crippen molar-refractivity contribution in [2.75, 3.05) is 24.7 Å². The lowest BCUT2D eigenvalue weighted by atomic mass is 10.1. The molecule has 7 nitrogen and oxygen atoms in total. The number of rotatable bonds is 2. The molecule has 0 aliphatic carbocycles. The first kappa shape index (κ1) is 11.4. The van der Waals surface area contributed by atoms with Crippen LogP contribution in [0.2, 0.25) is 0 Å². The Morgan fingerprint density at radius 1 is 1.21 bits per heavy atom. The van der Waals surface area contributed by atoms with Crippen LogP contribution in [0.4, 0.5) is 11.6 Å². The van der Waals surface area contributed by atoms with E-state index in [1.165, 1.54) is 6.33 Å². The second kappa shape index (κ2) is 4.20. The van der Waals surface area contributed by atoms with Gasteiger partial charge in [-0.15, -0.1) is 0 Å². The maximum absolute atomic E-state index is 5.72. The molecule has 0 fully saturated rings. The zero-order chi connectivity index (χ0) is 13.4. The van der Waals surface area contributed by atoms with Crippen molar-refractivity contribution in [1.82, 2.24) is 25.1 Å². The van der Waals surface area contributed by atoms with Crippen molar-refractivity contribution in [2.45, 2.75) is 0 Å². The third-order valence-corrected chi connectivity index (χ3v) is 2.82. The van der Waals surface area contributed by atoms with E-state index in [4.69, 9.17) is 5.73 Å². The van der Waals surface area contributed by atoms with Crippen LogP contribution in [0.5, 0.6) is 0 Å². The summed E-state index contributed by atoms with van der Waals surface area (Å²) in [5.41, 5.74) is 8.10. The van der Waals surface area contributed by atoms with E-state index < -0.39 is 0 Å². The largest absolute Gasteiger partial charge is 0.384 e. The topological polar surface area (TPSA) is 96.6 Å². The molecule has 3 rings (SSSR count). The smallest absolute Gasteiger partial charge is 0.186 e. The number of H-pyrrole nitrogens is 1. The van der Waals surface area contributed by atoms with Crippen LogP contribution >= 0.6 is 0 Å². The second-order valence-corrected chi connectivity index (χ2v) is 4.36. The molecule has 0 bridgehead atoms. The highest BCUT2D eigenvalue weighted by Gasteiger charge is 2.15. The highest BCUT2D eigenvalue weighted by Crippen LogP contribution is 2.30. The molecule has 3 N–H and O–H groups in total. The number of fused-ring (bicyclic) bond motifs is 1. The molecule has 3 aromatic rings. The minimum atomic E-state index is 0.462. The molecule has 96 valence electrons. The van der Waals surface area contributed by atoms with Gasteiger partial charge in [0.25, 0.3) is 0 Å². The molecule has 3 aromatic heterocycles. The number of nitrogens with two attached hydrogens (primary N) is 1. The fourth-order valence-electron chi connectivity index (χ4n) is 1.99. The molecular formula is C12H13N7. The quantitative estimate of drug-likeness (QED) is 0.710. The highest BCUT2D eigenvalue weighted by molar-refractivity contribution is 5.98. The van der Waals surface area contributed by atoms with Gasteiger partial charge in [-0.2, -0.15) is 5.10 Å². The molecule has 0 saturated heterocycles. The fourth-order valence-corrected chi connectivity index (χ4v) is 1.99. The molecule has 0 aromatic carbocycles. The minimum Gasteiger partial charge on any atom is -0.384 e. The average Bonchev–Trinajstić information content (AvgIpc) is 2.82. The van der Waals surface area contributed by atoms with E-state index in [2.05, 4.69) is 25.1 Å². The summed E-state index contributed by atoms with van der Waals surface area (Å²) in [7, 11) is 3.86. The molecule has 7 heteroatoms. The van der Waals surface area contributed by atoms with Crippen LogP contribution in [-0.2, 0) is 0 Å². The summed E-state index contributed by atoms with van der Waals surface area (Å²) in [4.78, 5) is 14.4. The molecule has 3 heterocycles. The number of anilines is 2. The van der Waals surface area contributed by atoms with Crippen LogP contribution < -0.4 is 10.6 Å². The van der Waals surface area contributed by atoms with Gasteiger partial charge in [0.1, 0.15) is 18.0 Å². The van der Waals surface area contributed by atoms with Gasteiger partial charge in [0.15, 0.2) is 5.65 Å². The Labute approximate surface area is 109 Å². The van der Waals surface area contributed by atoms with Crippen molar-refractivity contribution in [3.8, 4) is 11.3 Å². The molecule has 19 heavy (non-hydrogen) atoms. The van der Waals surface area contributed by atoms with Crippen molar-refractivity contribution < 1.29 is 0 Å². The minimum absolute atomic E-state index is 0.462. The van der Waals surface area contributed by atoms with Gasteiger partial charge in [-0.05, 0) is 12.1 Å². The van der Waals surface area contributed by atoms with Crippen molar-refractivity contribution in [3.63, 3.8) is 0 Å². The molecule has 0 aliphatic rings. The summed E-state index contributed by atoms with van der Waals surface area (Å²) in [6.07, 6.45) is 3.17. The maximum Gasteiger partial charge on any atom is 0.186 e. The number of nitrogens with zero attached hydrogens (tertiary/aromatic N) is 5. The van der Waals surface area contributed by atoms with Crippen LogP contribution in [0.1, 0.15) is 0 Å². The number of hydrogen-bond acceptors (Lipinski definition) is 6. The highest BCUT2D eigenvalue weighted by atomic mass is 15.2. The number of nitrogens with one attached hydrogen (secondary N) is 1. The van der Waals surface area contributed by atoms with Gasteiger partial charge in [-0.3, -0.25) is 5.10 Å². The van der Waals surface area contributed by atoms with Gasteiger partial charge >= 0.3 is 0 Å². The predicted octanol–water partition coefficient (Wildman–Crippen LogP) is 1.06. The Balaban J connectivity index is 2.30. The zero-order valence-electron chi connectivity index (χ0n) is 10.6. The number of aromatic nitrogens is 5. The van der Waals surface area contributed by atoms with E-state index in [-0.39, 0.29) is 0 Å². The summed E-state index contributed by atoms with van der Waals surface area (Å²) in [6, 6.07) is 3.66. The molecule has 0 unspecified atom stereocenters. The van der Waals surface area contributed by atoms with E-state index in [9.17, 15) is 0 Å². The predicted molar refractivity (Wildman–Crippen MR) is 73.7 cm³/mol. The lowest BCUT2D eigenvalue weighted by molar-refractivity contribution is 1.05. The van der Waals surface area contributed by atoms with Crippen molar-refractivity contribution >= 4 is 22.7 Å². The van der Waals surface area contributed by atoms with Crippen LogP contribution in [0, 0.1) is 0 Å². The second-order valence-electron chi connectivity index (χ2n) is 4.36. The van der Waals surface area contributed by atoms with Gasteiger partial charge in [0.2, 0.25) is 0 Å². The lowest BCUT2D eigenvalue weighted by Crippen LogP contribution is -2.11. The summed E-state index contributed by atoms with van der Waals surface area (Å²) in [5.74, 6) is 1.27. The Morgan fingerprint density at radius 3 is 2.79 bits per heavy atom. The van der Waals surface area contributed by atoms with Gasteiger partial charge in [-0.25, -0.2) is 15.0 Å². The van der Waals surface area contributed by atoms with E-state index in [1.807, 2.05) is 25.1 Å². The Hall–Kier alpha value is -2.70. The molecule has 0 saturated carbocycles. The van der Waals surface area contributed by atoms with Crippen molar-refractivity contribution in [1.29, 1.82) is 0 Å². The standard InChI is InChI=1S/C12H13N7/c1-19(2)12-9-10(7-3-4-14-8(13)5-7)17-18-11(9)15-6-16-12/h3-6H,1-2H3,(H2,13,14)(H,15,16,17,18). The molecular weight excluding hydrogens is 242 g/mol. The monoisotopic (exact) mass is 255 g/mol. The Morgan fingerprint density at radius 2 is 2.05 bits per heavy atom. The van der Waals surface area contributed by atoms with Crippen molar-refractivity contribution in [3.05, 3.63) is 24.7 Å². The normalized spacial score (nSPS) is 10.8. The molecule has 0 spiro atoms. The first-order valence-electron chi connectivity index (χ1n) is 5.75. The van der Waals surface area contributed by atoms with Crippen LogP contribution in [0.15, 0.2) is 24.7 Å². The molecule has 0 amide bonds. The van der Waals surface area contributed by atoms with Gasteiger partial charge in [0, 0.05) is 25.9 Å². The van der Waals surface area contributed by atoms with Gasteiger partial charge in [-0.1, -0.05) is 0 Å². The van der Waals surface area contributed by atoms with E-state index in [0.29, 0.717) is 11.5 Å². The number of hydrogen-bond donors (Lipinski definition) is 2. The SMILES string of the molecule is CN(C)c1ncnc2n[nH]c(-c3ccnc(N)c3)c12. The zero-order valence-corrected chi connectivity index (χ0v) is 10.6. The first-order chi connectivity index (χ1) is 9.16. The number of nitrogen functional groups attached to an aromatic ring is 1. The molecule has 0 atom stereocenters. The molecule has 0 radical (unpaired) electrons. The fraction of sp³-hybridized carbons (Fsp3) is 0.167. The third kappa shape index (κ3) is 1.85. The van der Waals surface area contributed by atoms with E-state index in [1.54, 1.807) is 12.3 Å². The number of aromatic amines is 1. The summed E-state index contributed by atoms with van der Waals surface area (Å²) >= 11 is 0. The maximum atomic E-state index is 5.72. The van der Waals surface area contributed by atoms with Crippen LogP contribution in [-0.4, -0.2) is 39.2 Å².